The maximum absolute atomic E-state index is 13.3. The van der Waals surface area contributed by atoms with E-state index in [1.54, 1.807) is 4.31 Å². The molecule has 3 fully saturated rings. The van der Waals surface area contributed by atoms with E-state index >= 15 is 0 Å². The average Bonchev–Trinajstić information content (AvgIpc) is 3.29. The minimum Gasteiger partial charge on any atom is -0.298 e. The molecule has 1 unspecified atom stereocenters. The fraction of sp³-hybridized carbons (Fsp3) is 0.696. The molecule has 2 saturated carbocycles. The number of carbonyl (C=O) groups is 1. The van der Waals surface area contributed by atoms with E-state index in [-0.39, 0.29) is 22.4 Å². The lowest BCUT2D eigenvalue weighted by molar-refractivity contribution is -0.134. The van der Waals surface area contributed by atoms with Crippen molar-refractivity contribution in [2.75, 3.05) is 18.8 Å². The highest BCUT2D eigenvalue weighted by atomic mass is 32.2. The first kappa shape index (κ1) is 18.8. The Labute approximate surface area is 168 Å². The first-order chi connectivity index (χ1) is 13.2. The number of aryl methyl sites for hydroxylation is 1. The first-order valence-electron chi connectivity index (χ1n) is 10.8. The number of ketones is 1. The normalized spacial score (nSPS) is 33.5. The van der Waals surface area contributed by atoms with E-state index in [9.17, 15) is 13.2 Å². The summed E-state index contributed by atoms with van der Waals surface area (Å²) in [6.07, 6.45) is 6.56. The largest absolute Gasteiger partial charge is 0.298 e. The van der Waals surface area contributed by atoms with E-state index in [2.05, 4.69) is 24.3 Å². The molecule has 0 radical (unpaired) electrons. The van der Waals surface area contributed by atoms with Crippen LogP contribution < -0.4 is 0 Å². The van der Waals surface area contributed by atoms with Crippen LogP contribution in [0.25, 0.3) is 0 Å². The summed E-state index contributed by atoms with van der Waals surface area (Å²) in [4.78, 5) is 13.0. The lowest BCUT2D eigenvalue weighted by atomic mass is 9.71. The predicted octanol–water partition coefficient (Wildman–Crippen LogP) is 3.69. The number of hydrogen-bond acceptors (Lipinski definition) is 3. The van der Waals surface area contributed by atoms with Gasteiger partial charge in [0.25, 0.3) is 0 Å². The average molecular weight is 402 g/mol. The van der Waals surface area contributed by atoms with Crippen molar-refractivity contribution in [2.45, 2.75) is 64.2 Å². The van der Waals surface area contributed by atoms with Crippen molar-refractivity contribution in [1.29, 1.82) is 0 Å². The van der Waals surface area contributed by atoms with E-state index in [1.165, 1.54) is 11.1 Å². The maximum atomic E-state index is 13.3. The van der Waals surface area contributed by atoms with Crippen LogP contribution in [0.1, 0.15) is 63.5 Å². The van der Waals surface area contributed by atoms with Gasteiger partial charge in [-0.25, -0.2) is 12.7 Å². The van der Waals surface area contributed by atoms with Gasteiger partial charge in [0.05, 0.1) is 5.75 Å². The zero-order chi connectivity index (χ0) is 19.8. The Bertz CT molecular complexity index is 927. The lowest BCUT2D eigenvalue weighted by Crippen LogP contribution is -2.49. The van der Waals surface area contributed by atoms with Crippen LogP contribution in [-0.4, -0.2) is 37.3 Å². The van der Waals surface area contributed by atoms with Crippen LogP contribution in [0.2, 0.25) is 0 Å². The third-order valence-electron chi connectivity index (χ3n) is 8.69. The van der Waals surface area contributed by atoms with E-state index in [0.717, 1.165) is 44.9 Å². The molecule has 2 bridgehead atoms. The van der Waals surface area contributed by atoms with Gasteiger partial charge in [-0.3, -0.25) is 4.79 Å². The van der Waals surface area contributed by atoms with Gasteiger partial charge in [-0.15, -0.1) is 0 Å². The number of Topliss-reactive ketones (excluding diaryl/α,β-unsaturated/α-hetero) is 1. The lowest BCUT2D eigenvalue weighted by Gasteiger charge is -2.41. The molecule has 152 valence electrons. The summed E-state index contributed by atoms with van der Waals surface area (Å²) in [5.74, 6) is 0.579. The second-order valence-corrected chi connectivity index (χ2v) is 12.3. The Morgan fingerprint density at radius 3 is 2.46 bits per heavy atom. The smallest absolute Gasteiger partial charge is 0.215 e. The Balaban J connectivity index is 1.33. The van der Waals surface area contributed by atoms with Gasteiger partial charge in [-0.05, 0) is 67.4 Å². The topological polar surface area (TPSA) is 54.5 Å². The van der Waals surface area contributed by atoms with Crippen molar-refractivity contribution in [3.63, 3.8) is 0 Å². The van der Waals surface area contributed by atoms with Gasteiger partial charge >= 0.3 is 0 Å². The quantitative estimate of drug-likeness (QED) is 0.776. The molecular weight excluding hydrogens is 370 g/mol. The van der Waals surface area contributed by atoms with E-state index in [0.29, 0.717) is 19.0 Å². The van der Waals surface area contributed by atoms with Crippen LogP contribution in [-0.2, 0) is 26.7 Å². The Kier molecular flexibility index (Phi) is 3.97. The molecule has 1 heterocycles. The van der Waals surface area contributed by atoms with Crippen molar-refractivity contribution >= 4 is 15.8 Å². The summed E-state index contributed by atoms with van der Waals surface area (Å²) in [7, 11) is -3.40. The van der Waals surface area contributed by atoms with Crippen molar-refractivity contribution < 1.29 is 13.2 Å². The predicted molar refractivity (Wildman–Crippen MR) is 110 cm³/mol. The summed E-state index contributed by atoms with van der Waals surface area (Å²) >= 11 is 0. The number of carbonyl (C=O) groups excluding carboxylic acids is 1. The molecule has 28 heavy (non-hydrogen) atoms. The van der Waals surface area contributed by atoms with E-state index in [1.807, 2.05) is 13.8 Å². The third kappa shape index (κ3) is 2.51. The molecular formula is C23H31NO3S. The van der Waals surface area contributed by atoms with Crippen LogP contribution in [0, 0.1) is 16.7 Å². The van der Waals surface area contributed by atoms with Crippen LogP contribution in [0.4, 0.5) is 0 Å². The van der Waals surface area contributed by atoms with Gasteiger partial charge in [0.1, 0.15) is 5.78 Å². The number of nitrogens with zero attached hydrogens (tertiary/aromatic N) is 1. The molecule has 1 aliphatic heterocycles. The molecule has 0 aromatic heterocycles. The minimum absolute atomic E-state index is 0.0301. The Morgan fingerprint density at radius 1 is 1.07 bits per heavy atom. The highest BCUT2D eigenvalue weighted by molar-refractivity contribution is 7.89. The standard InChI is InChI=1S/C23H31NO3S/c1-21(2)18-8-10-23(15-18,20(21)25)16-28(26,27)24-13-11-22(12-14-24)9-7-17-5-3-4-6-19(17)22/h3-6,18H,7-16H2,1-2H3/t18?,23-/m1/s1. The van der Waals surface area contributed by atoms with E-state index < -0.39 is 15.4 Å². The number of sulfonamides is 1. The fourth-order valence-corrected chi connectivity index (χ4v) is 8.94. The number of piperidine rings is 1. The molecule has 2 atom stereocenters. The maximum Gasteiger partial charge on any atom is 0.215 e. The van der Waals surface area contributed by atoms with Crippen molar-refractivity contribution in [1.82, 2.24) is 4.31 Å². The zero-order valence-electron chi connectivity index (χ0n) is 17.0. The monoisotopic (exact) mass is 401 g/mol. The molecule has 4 aliphatic rings. The summed E-state index contributed by atoms with van der Waals surface area (Å²) in [6, 6.07) is 8.67. The molecule has 0 N–H and O–H groups in total. The van der Waals surface area contributed by atoms with Gasteiger partial charge in [-0.2, -0.15) is 0 Å². The minimum atomic E-state index is -3.40. The summed E-state index contributed by atoms with van der Waals surface area (Å²) in [5, 5.41) is 0. The van der Waals surface area contributed by atoms with Crippen LogP contribution in [0.3, 0.4) is 0 Å². The Morgan fingerprint density at radius 2 is 1.79 bits per heavy atom. The van der Waals surface area contributed by atoms with Crippen LogP contribution in [0.15, 0.2) is 24.3 Å². The van der Waals surface area contributed by atoms with Crippen molar-refractivity contribution in [3.05, 3.63) is 35.4 Å². The van der Waals surface area contributed by atoms with Gasteiger partial charge < -0.3 is 0 Å². The molecule has 1 spiro atoms. The SMILES string of the molecule is CC1(C)C(=O)[C@]2(CS(=O)(=O)N3CCC4(CCc5ccccc54)CC3)CCC1C2. The number of benzene rings is 1. The van der Waals surface area contributed by atoms with Crippen molar-refractivity contribution in [2.24, 2.45) is 16.7 Å². The van der Waals surface area contributed by atoms with E-state index in [4.69, 9.17) is 0 Å². The highest BCUT2D eigenvalue weighted by Gasteiger charge is 2.63. The second kappa shape index (κ2) is 5.91. The summed E-state index contributed by atoms with van der Waals surface area (Å²) in [6.45, 7) is 5.20. The molecule has 5 rings (SSSR count). The molecule has 0 amide bonds. The molecule has 5 heteroatoms. The molecule has 1 aromatic carbocycles. The fourth-order valence-electron chi connectivity index (χ4n) is 6.93. The van der Waals surface area contributed by atoms with Gasteiger partial charge in [0.2, 0.25) is 10.0 Å². The third-order valence-corrected chi connectivity index (χ3v) is 10.8. The van der Waals surface area contributed by atoms with Gasteiger partial charge in [0, 0.05) is 23.9 Å². The first-order valence-corrected chi connectivity index (χ1v) is 12.4. The number of fused-ring (bicyclic) bond motifs is 4. The Hall–Kier alpha value is -1.20. The molecule has 1 saturated heterocycles. The highest BCUT2D eigenvalue weighted by Crippen LogP contribution is 2.60. The molecule has 1 aromatic rings. The van der Waals surface area contributed by atoms with Gasteiger partial charge in [0.15, 0.2) is 0 Å². The molecule has 4 nitrogen and oxygen atoms in total. The molecule has 3 aliphatic carbocycles. The number of rotatable bonds is 3. The van der Waals surface area contributed by atoms with Crippen LogP contribution in [0.5, 0.6) is 0 Å². The summed E-state index contributed by atoms with van der Waals surface area (Å²) < 4.78 is 28.3. The van der Waals surface area contributed by atoms with Crippen LogP contribution >= 0.6 is 0 Å². The zero-order valence-corrected chi connectivity index (χ0v) is 17.9. The summed E-state index contributed by atoms with van der Waals surface area (Å²) in [5.41, 5.74) is 2.06. The number of hydrogen-bond donors (Lipinski definition) is 0. The van der Waals surface area contributed by atoms with Gasteiger partial charge in [-0.1, -0.05) is 38.1 Å². The second-order valence-electron chi connectivity index (χ2n) is 10.4. The van der Waals surface area contributed by atoms with Crippen molar-refractivity contribution in [3.8, 4) is 0 Å².